The van der Waals surface area contributed by atoms with Gasteiger partial charge in [0.2, 0.25) is 0 Å². The van der Waals surface area contributed by atoms with E-state index in [9.17, 15) is 5.11 Å². The number of hydrogen-bond acceptors (Lipinski definition) is 2. The molecule has 2 atom stereocenters. The smallest absolute Gasteiger partial charge is 0.0823 e. The molecule has 0 bridgehead atoms. The van der Waals surface area contributed by atoms with E-state index in [1.165, 1.54) is 12.8 Å². The summed E-state index contributed by atoms with van der Waals surface area (Å²) in [6.07, 6.45) is 6.14. The Bertz CT molecular complexity index is 212. The number of β-amino-alcohol motifs (C(OH)–C–C–N with tert-alkyl or cyclic N) is 1. The highest BCUT2D eigenvalue weighted by molar-refractivity contribution is 5.02. The Morgan fingerprint density at radius 1 is 1.62 bits per heavy atom. The van der Waals surface area contributed by atoms with Crippen LogP contribution in [0.2, 0.25) is 0 Å². The Labute approximate surface area is 80.2 Å². The first kappa shape index (κ1) is 9.22. The maximum atomic E-state index is 10.2. The number of aliphatic hydroxyl groups is 1. The van der Waals surface area contributed by atoms with Gasteiger partial charge in [0, 0.05) is 18.6 Å². The van der Waals surface area contributed by atoms with Crippen LogP contribution in [0.15, 0.2) is 12.7 Å². The molecule has 2 nitrogen and oxygen atoms in total. The van der Waals surface area contributed by atoms with E-state index < -0.39 is 5.60 Å². The van der Waals surface area contributed by atoms with Gasteiger partial charge in [-0.05, 0) is 32.6 Å². The van der Waals surface area contributed by atoms with Gasteiger partial charge in [-0.25, -0.2) is 0 Å². The van der Waals surface area contributed by atoms with Crippen molar-refractivity contribution in [1.82, 2.24) is 4.90 Å². The Balaban J connectivity index is 1.99. The molecule has 0 aromatic heterocycles. The molecule has 1 aliphatic carbocycles. The normalized spacial score (nSPS) is 40.9. The van der Waals surface area contributed by atoms with Crippen molar-refractivity contribution < 1.29 is 5.11 Å². The average Bonchev–Trinajstić information content (AvgIpc) is 2.79. The Morgan fingerprint density at radius 3 is 2.85 bits per heavy atom. The van der Waals surface area contributed by atoms with E-state index >= 15 is 0 Å². The average molecular weight is 181 g/mol. The van der Waals surface area contributed by atoms with E-state index in [1.54, 1.807) is 0 Å². The van der Waals surface area contributed by atoms with Crippen LogP contribution in [-0.2, 0) is 0 Å². The van der Waals surface area contributed by atoms with Crippen LogP contribution in [0.3, 0.4) is 0 Å². The number of rotatable bonds is 3. The van der Waals surface area contributed by atoms with Crippen LogP contribution in [0.25, 0.3) is 0 Å². The molecule has 2 rings (SSSR count). The summed E-state index contributed by atoms with van der Waals surface area (Å²) in [7, 11) is 0. The van der Waals surface area contributed by atoms with Crippen molar-refractivity contribution in [3.05, 3.63) is 12.7 Å². The molecule has 2 unspecified atom stereocenters. The van der Waals surface area contributed by atoms with Crippen molar-refractivity contribution in [2.45, 2.75) is 50.3 Å². The van der Waals surface area contributed by atoms with Gasteiger partial charge in [-0.2, -0.15) is 0 Å². The van der Waals surface area contributed by atoms with Crippen LogP contribution in [0.1, 0.15) is 32.6 Å². The lowest BCUT2D eigenvalue weighted by atomic mass is 9.97. The van der Waals surface area contributed by atoms with Crippen LogP contribution < -0.4 is 0 Å². The zero-order valence-corrected chi connectivity index (χ0v) is 8.37. The van der Waals surface area contributed by atoms with Crippen molar-refractivity contribution in [3.63, 3.8) is 0 Å². The van der Waals surface area contributed by atoms with E-state index in [0.717, 1.165) is 25.4 Å². The molecule has 0 spiro atoms. The summed E-state index contributed by atoms with van der Waals surface area (Å²) >= 11 is 0. The first-order chi connectivity index (χ1) is 6.14. The van der Waals surface area contributed by atoms with E-state index in [0.29, 0.717) is 6.04 Å². The monoisotopic (exact) mass is 181 g/mol. The van der Waals surface area contributed by atoms with Gasteiger partial charge < -0.3 is 5.11 Å². The molecule has 1 saturated heterocycles. The molecule has 0 radical (unpaired) electrons. The summed E-state index contributed by atoms with van der Waals surface area (Å²) in [5.41, 5.74) is -0.482. The summed E-state index contributed by atoms with van der Waals surface area (Å²) in [5.74, 6) is 0. The predicted molar refractivity (Wildman–Crippen MR) is 53.6 cm³/mol. The highest BCUT2D eigenvalue weighted by Crippen LogP contribution is 2.38. The molecule has 2 heteroatoms. The number of likely N-dealkylation sites (tertiary alicyclic amines) is 1. The van der Waals surface area contributed by atoms with Gasteiger partial charge in [0.1, 0.15) is 0 Å². The van der Waals surface area contributed by atoms with E-state index in [4.69, 9.17) is 0 Å². The molecule has 1 aliphatic heterocycles. The fourth-order valence-electron chi connectivity index (χ4n) is 2.54. The number of hydrogen-bond donors (Lipinski definition) is 1. The minimum atomic E-state index is -0.482. The second-order valence-electron chi connectivity index (χ2n) is 4.67. The first-order valence-corrected chi connectivity index (χ1v) is 5.24. The minimum Gasteiger partial charge on any atom is -0.388 e. The second kappa shape index (κ2) is 3.10. The molecule has 0 amide bonds. The fourth-order valence-corrected chi connectivity index (χ4v) is 2.54. The van der Waals surface area contributed by atoms with E-state index in [-0.39, 0.29) is 0 Å². The SMILES string of the molecule is C=CCC1(O)CC(C)N(C2CC2)C1. The summed E-state index contributed by atoms with van der Waals surface area (Å²) in [6, 6.07) is 1.33. The maximum Gasteiger partial charge on any atom is 0.0823 e. The van der Waals surface area contributed by atoms with Crippen LogP contribution in [-0.4, -0.2) is 34.2 Å². The molecular weight excluding hydrogens is 162 g/mol. The van der Waals surface area contributed by atoms with Crippen molar-refractivity contribution >= 4 is 0 Å². The van der Waals surface area contributed by atoms with Gasteiger partial charge in [0.15, 0.2) is 0 Å². The topological polar surface area (TPSA) is 23.5 Å². The maximum absolute atomic E-state index is 10.2. The van der Waals surface area contributed by atoms with Gasteiger partial charge in [-0.15, -0.1) is 6.58 Å². The molecule has 1 saturated carbocycles. The summed E-state index contributed by atoms with van der Waals surface area (Å²) in [5, 5.41) is 10.2. The molecular formula is C11H19NO. The highest BCUT2D eigenvalue weighted by atomic mass is 16.3. The highest BCUT2D eigenvalue weighted by Gasteiger charge is 2.45. The standard InChI is InChI=1S/C11H19NO/c1-3-6-11(13)7-9(2)12(8-11)10-4-5-10/h3,9-10,13H,1,4-8H2,2H3. The van der Waals surface area contributed by atoms with Crippen molar-refractivity contribution in [2.24, 2.45) is 0 Å². The number of nitrogens with zero attached hydrogens (tertiary/aromatic N) is 1. The molecule has 1 heterocycles. The zero-order valence-electron chi connectivity index (χ0n) is 8.37. The van der Waals surface area contributed by atoms with Crippen LogP contribution in [0.4, 0.5) is 0 Å². The van der Waals surface area contributed by atoms with Gasteiger partial charge in [0.05, 0.1) is 5.60 Å². The van der Waals surface area contributed by atoms with Gasteiger partial charge in [0.25, 0.3) is 0 Å². The lowest BCUT2D eigenvalue weighted by Gasteiger charge is -2.22. The first-order valence-electron chi connectivity index (χ1n) is 5.24. The van der Waals surface area contributed by atoms with Crippen molar-refractivity contribution in [2.75, 3.05) is 6.54 Å². The lowest BCUT2D eigenvalue weighted by molar-refractivity contribution is 0.0514. The molecule has 2 fully saturated rings. The molecule has 0 aromatic carbocycles. The molecule has 13 heavy (non-hydrogen) atoms. The third kappa shape index (κ3) is 1.79. The molecule has 2 aliphatic rings. The quantitative estimate of drug-likeness (QED) is 0.668. The van der Waals surface area contributed by atoms with Crippen molar-refractivity contribution in [3.8, 4) is 0 Å². The minimum absolute atomic E-state index is 0.482. The molecule has 1 N–H and O–H groups in total. The predicted octanol–water partition coefficient (Wildman–Crippen LogP) is 1.55. The van der Waals surface area contributed by atoms with E-state index in [2.05, 4.69) is 18.4 Å². The third-order valence-electron chi connectivity index (χ3n) is 3.26. The third-order valence-corrected chi connectivity index (χ3v) is 3.26. The lowest BCUT2D eigenvalue weighted by Crippen LogP contribution is -2.34. The Hall–Kier alpha value is -0.340. The summed E-state index contributed by atoms with van der Waals surface area (Å²) < 4.78 is 0. The van der Waals surface area contributed by atoms with Crippen LogP contribution in [0, 0.1) is 0 Å². The Kier molecular flexibility index (Phi) is 2.20. The summed E-state index contributed by atoms with van der Waals surface area (Å²) in [4.78, 5) is 2.46. The van der Waals surface area contributed by atoms with Gasteiger partial charge in [-0.3, -0.25) is 4.90 Å². The molecule has 74 valence electrons. The van der Waals surface area contributed by atoms with Crippen molar-refractivity contribution in [1.29, 1.82) is 0 Å². The summed E-state index contributed by atoms with van der Waals surface area (Å²) in [6.45, 7) is 6.78. The van der Waals surface area contributed by atoms with Crippen LogP contribution in [0.5, 0.6) is 0 Å². The fraction of sp³-hybridized carbons (Fsp3) is 0.818. The second-order valence-corrected chi connectivity index (χ2v) is 4.67. The zero-order chi connectivity index (χ0) is 9.47. The van der Waals surface area contributed by atoms with E-state index in [1.807, 2.05) is 6.08 Å². The largest absolute Gasteiger partial charge is 0.388 e. The molecule has 0 aromatic rings. The van der Waals surface area contributed by atoms with Gasteiger partial charge in [-0.1, -0.05) is 6.08 Å². The van der Waals surface area contributed by atoms with Gasteiger partial charge >= 0.3 is 0 Å². The Morgan fingerprint density at radius 2 is 2.31 bits per heavy atom. The van der Waals surface area contributed by atoms with Crippen LogP contribution >= 0.6 is 0 Å².